The summed E-state index contributed by atoms with van der Waals surface area (Å²) in [6, 6.07) is 9.09. The molecule has 2 aromatic rings. The summed E-state index contributed by atoms with van der Waals surface area (Å²) in [5, 5.41) is 53.1. The van der Waals surface area contributed by atoms with Crippen molar-refractivity contribution in [3.05, 3.63) is 53.6 Å². The minimum Gasteiger partial charge on any atom is -0.504 e. The summed E-state index contributed by atoms with van der Waals surface area (Å²) in [5.74, 6) is -2.31. The predicted octanol–water partition coefficient (Wildman–Crippen LogP) is 0.732. The standard InChI is InChI=1S/C35H44O17/c1-17-30(48-18(2)37)28(42)33(49-19(3)38)35(47-17)52-32-29(43)34(46-13-12-21-7-10-24(44-4)23(40)14-21)50-26(16-36)31(32)51-27(41)11-8-20-6-9-22(39)25(15-20)45-5/h6-11,14-15,17,26,28-36,39-40,42-43H,12-13,16H2,1-5H3/b11-8+/t17-,26+,28+,29+,30-,31+,32+,33+,34+,35-/m0/s1. The van der Waals surface area contributed by atoms with Crippen molar-refractivity contribution in [2.45, 2.75) is 88.6 Å². The first-order chi connectivity index (χ1) is 24.8. The average molecular weight is 737 g/mol. The van der Waals surface area contributed by atoms with Gasteiger partial charge in [-0.25, -0.2) is 4.79 Å². The molecule has 10 atom stereocenters. The van der Waals surface area contributed by atoms with Gasteiger partial charge in [0.05, 0.1) is 33.5 Å². The van der Waals surface area contributed by atoms with E-state index in [0.29, 0.717) is 11.1 Å². The van der Waals surface area contributed by atoms with Gasteiger partial charge in [0, 0.05) is 19.9 Å². The Balaban J connectivity index is 1.60. The highest BCUT2D eigenvalue weighted by molar-refractivity contribution is 5.87. The molecule has 2 heterocycles. The summed E-state index contributed by atoms with van der Waals surface area (Å²) in [4.78, 5) is 37.0. The molecule has 0 unspecified atom stereocenters. The van der Waals surface area contributed by atoms with Gasteiger partial charge in [-0.15, -0.1) is 0 Å². The highest BCUT2D eigenvalue weighted by Crippen LogP contribution is 2.34. The number of rotatable bonds is 14. The lowest BCUT2D eigenvalue weighted by Crippen LogP contribution is -2.65. The molecule has 0 amide bonds. The third kappa shape index (κ3) is 10.1. The second-order valence-corrected chi connectivity index (χ2v) is 12.0. The fraction of sp³-hybridized carbons (Fsp3) is 0.514. The fourth-order valence-corrected chi connectivity index (χ4v) is 5.73. The van der Waals surface area contributed by atoms with Crippen molar-refractivity contribution in [1.29, 1.82) is 0 Å². The number of carbonyl (C=O) groups is 3. The highest BCUT2D eigenvalue weighted by atomic mass is 16.8. The maximum atomic E-state index is 13.1. The molecule has 0 spiro atoms. The Morgan fingerprint density at radius 1 is 0.788 bits per heavy atom. The molecule has 0 bridgehead atoms. The van der Waals surface area contributed by atoms with E-state index < -0.39 is 85.9 Å². The summed E-state index contributed by atoms with van der Waals surface area (Å²) < 4.78 is 50.0. The van der Waals surface area contributed by atoms with E-state index in [0.717, 1.165) is 19.9 Å². The zero-order valence-corrected chi connectivity index (χ0v) is 29.1. The molecule has 2 aromatic carbocycles. The van der Waals surface area contributed by atoms with Crippen LogP contribution in [0.1, 0.15) is 31.9 Å². The minimum atomic E-state index is -1.74. The monoisotopic (exact) mass is 736 g/mol. The van der Waals surface area contributed by atoms with E-state index in [4.69, 9.17) is 42.6 Å². The molecule has 52 heavy (non-hydrogen) atoms. The first-order valence-electron chi connectivity index (χ1n) is 16.3. The van der Waals surface area contributed by atoms with Gasteiger partial charge in [0.15, 0.2) is 53.9 Å². The lowest BCUT2D eigenvalue weighted by molar-refractivity contribution is -0.358. The number of hydrogen-bond acceptors (Lipinski definition) is 17. The molecular weight excluding hydrogens is 692 g/mol. The number of carbonyl (C=O) groups excluding carboxylic acids is 3. The van der Waals surface area contributed by atoms with Crippen molar-refractivity contribution in [2.75, 3.05) is 27.4 Å². The van der Waals surface area contributed by atoms with Gasteiger partial charge in [-0.05, 0) is 54.8 Å². The van der Waals surface area contributed by atoms with Gasteiger partial charge in [-0.1, -0.05) is 12.1 Å². The average Bonchev–Trinajstić information content (AvgIpc) is 3.10. The zero-order valence-electron chi connectivity index (χ0n) is 29.1. The molecule has 286 valence electrons. The smallest absolute Gasteiger partial charge is 0.331 e. The SMILES string of the molecule is COc1ccc(CCO[C@@H]2O[C@H](CO)[C@@H](OC(=O)/C=C/c3ccc(O)c(OC)c3)[C@H](O[C@@H]3O[C@@H](C)[C@H](OC(C)=O)[C@@H](O)[C@H]3OC(C)=O)[C@H]2O)cc1O. The molecule has 17 heteroatoms. The van der Waals surface area contributed by atoms with E-state index >= 15 is 0 Å². The Morgan fingerprint density at radius 2 is 1.48 bits per heavy atom. The molecule has 0 saturated carbocycles. The third-order valence-corrected chi connectivity index (χ3v) is 8.23. The number of esters is 3. The van der Waals surface area contributed by atoms with Gasteiger partial charge in [-0.3, -0.25) is 9.59 Å². The molecule has 2 fully saturated rings. The molecule has 5 N–H and O–H groups in total. The van der Waals surface area contributed by atoms with Gasteiger partial charge >= 0.3 is 17.9 Å². The normalized spacial score (nSPS) is 28.9. The fourth-order valence-electron chi connectivity index (χ4n) is 5.73. The van der Waals surface area contributed by atoms with E-state index in [1.165, 1.54) is 51.5 Å². The van der Waals surface area contributed by atoms with Gasteiger partial charge < -0.3 is 68.2 Å². The van der Waals surface area contributed by atoms with Crippen molar-refractivity contribution in [2.24, 2.45) is 0 Å². The van der Waals surface area contributed by atoms with Crippen molar-refractivity contribution in [3.63, 3.8) is 0 Å². The molecule has 4 rings (SSSR count). The number of methoxy groups -OCH3 is 2. The first-order valence-corrected chi connectivity index (χ1v) is 16.3. The lowest BCUT2D eigenvalue weighted by atomic mass is 9.96. The Labute approximate surface area is 299 Å². The molecule has 0 aliphatic carbocycles. The molecule has 2 aliphatic rings. The molecule has 0 radical (unpaired) electrons. The van der Waals surface area contributed by atoms with Crippen LogP contribution in [0.3, 0.4) is 0 Å². The van der Waals surface area contributed by atoms with Crippen LogP contribution in [-0.2, 0) is 54.0 Å². The van der Waals surface area contributed by atoms with Crippen LogP contribution in [-0.4, -0.2) is 132 Å². The van der Waals surface area contributed by atoms with Crippen LogP contribution < -0.4 is 9.47 Å². The summed E-state index contributed by atoms with van der Waals surface area (Å²) >= 11 is 0. The Kier molecular flexibility index (Phi) is 14.2. The topological polar surface area (TPSA) is 235 Å². The highest BCUT2D eigenvalue weighted by Gasteiger charge is 2.54. The first kappa shape index (κ1) is 40.3. The Bertz CT molecular complexity index is 1560. The zero-order chi connectivity index (χ0) is 38.1. The summed E-state index contributed by atoms with van der Waals surface area (Å²) in [6.07, 6.45) is -12.2. The van der Waals surface area contributed by atoms with Crippen molar-refractivity contribution in [3.8, 4) is 23.0 Å². The second kappa shape index (κ2) is 18.3. The van der Waals surface area contributed by atoms with Crippen molar-refractivity contribution < 1.29 is 82.5 Å². The Hall–Kier alpha value is -4.49. The van der Waals surface area contributed by atoms with Crippen LogP contribution in [0, 0.1) is 0 Å². The number of ether oxygens (including phenoxy) is 9. The minimum absolute atomic E-state index is 0.0581. The predicted molar refractivity (Wildman–Crippen MR) is 176 cm³/mol. The number of phenols is 2. The maximum Gasteiger partial charge on any atom is 0.331 e. The van der Waals surface area contributed by atoms with Gasteiger partial charge in [-0.2, -0.15) is 0 Å². The van der Waals surface area contributed by atoms with Crippen LogP contribution in [0.15, 0.2) is 42.5 Å². The summed E-state index contributed by atoms with van der Waals surface area (Å²) in [6.45, 7) is 2.86. The van der Waals surface area contributed by atoms with E-state index in [-0.39, 0.29) is 36.0 Å². The van der Waals surface area contributed by atoms with E-state index in [1.807, 2.05) is 0 Å². The van der Waals surface area contributed by atoms with Crippen LogP contribution in [0.2, 0.25) is 0 Å². The molecule has 2 aliphatic heterocycles. The lowest BCUT2D eigenvalue weighted by Gasteiger charge is -2.47. The van der Waals surface area contributed by atoms with E-state index in [1.54, 1.807) is 12.1 Å². The second-order valence-electron chi connectivity index (χ2n) is 12.0. The molecule has 2 saturated heterocycles. The van der Waals surface area contributed by atoms with Crippen LogP contribution >= 0.6 is 0 Å². The van der Waals surface area contributed by atoms with Crippen LogP contribution in [0.5, 0.6) is 23.0 Å². The van der Waals surface area contributed by atoms with E-state index in [2.05, 4.69) is 0 Å². The van der Waals surface area contributed by atoms with Gasteiger partial charge in [0.2, 0.25) is 0 Å². The van der Waals surface area contributed by atoms with Gasteiger partial charge in [0.1, 0.15) is 24.4 Å². The Morgan fingerprint density at radius 3 is 2.12 bits per heavy atom. The number of aliphatic hydroxyl groups is 3. The largest absolute Gasteiger partial charge is 0.504 e. The molecule has 0 aromatic heterocycles. The number of phenolic OH excluding ortho intramolecular Hbond substituents is 2. The van der Waals surface area contributed by atoms with Gasteiger partial charge in [0.25, 0.3) is 0 Å². The number of hydrogen-bond donors (Lipinski definition) is 5. The van der Waals surface area contributed by atoms with E-state index in [9.17, 15) is 39.9 Å². The molecule has 17 nitrogen and oxygen atoms in total. The van der Waals surface area contributed by atoms with Crippen LogP contribution in [0.4, 0.5) is 0 Å². The number of aliphatic hydroxyl groups excluding tert-OH is 3. The number of aromatic hydroxyl groups is 2. The third-order valence-electron chi connectivity index (χ3n) is 8.23. The van der Waals surface area contributed by atoms with Crippen molar-refractivity contribution >= 4 is 24.0 Å². The summed E-state index contributed by atoms with van der Waals surface area (Å²) in [7, 11) is 2.77. The van der Waals surface area contributed by atoms with Crippen LogP contribution in [0.25, 0.3) is 6.08 Å². The molecular formula is C35H44O17. The summed E-state index contributed by atoms with van der Waals surface area (Å²) in [5.41, 5.74) is 1.12. The maximum absolute atomic E-state index is 13.1. The quantitative estimate of drug-likeness (QED) is 0.102. The van der Waals surface area contributed by atoms with Crippen molar-refractivity contribution in [1.82, 2.24) is 0 Å². The number of benzene rings is 2.